The minimum absolute atomic E-state index is 0.0132. The van der Waals surface area contributed by atoms with Gasteiger partial charge in [0.1, 0.15) is 17.2 Å². The zero-order chi connectivity index (χ0) is 62.7. The Kier molecular flexibility index (Phi) is 27.7. The minimum Gasteiger partial charge on any atom is -0.435 e. The summed E-state index contributed by atoms with van der Waals surface area (Å²) in [5.41, 5.74) is 1.23. The highest BCUT2D eigenvalue weighted by atomic mass is 19.3. The molecule has 3 aromatic carbocycles. The van der Waals surface area contributed by atoms with Gasteiger partial charge in [-0.1, -0.05) is 77.9 Å². The molecule has 3 saturated carbocycles. The summed E-state index contributed by atoms with van der Waals surface area (Å²) < 4.78 is 175. The lowest BCUT2D eigenvalue weighted by Crippen LogP contribution is -2.42. The second kappa shape index (κ2) is 32.8. The number of alkyl halides is 12. The lowest BCUT2D eigenvalue weighted by Gasteiger charge is -2.44. The summed E-state index contributed by atoms with van der Waals surface area (Å²) in [7, 11) is 0. The molecule has 6 atom stereocenters. The zero-order valence-corrected chi connectivity index (χ0v) is 47.1. The van der Waals surface area contributed by atoms with Gasteiger partial charge < -0.3 is 59.7 Å². The number of aliphatic hydroxyl groups is 3. The Balaban J connectivity index is 0.000000270. The first kappa shape index (κ1) is 70.9. The van der Waals surface area contributed by atoms with Crippen molar-refractivity contribution in [1.82, 2.24) is 16.0 Å². The smallest absolute Gasteiger partial charge is 0.387 e. The monoisotopic (exact) mass is 1220 g/mol. The van der Waals surface area contributed by atoms with Gasteiger partial charge in [0.25, 0.3) is 0 Å². The van der Waals surface area contributed by atoms with Crippen molar-refractivity contribution < 1.29 is 111 Å². The van der Waals surface area contributed by atoms with Crippen LogP contribution in [0.2, 0.25) is 0 Å². The molecule has 0 saturated heterocycles. The average Bonchev–Trinajstić information content (AvgIpc) is 2.70. The minimum atomic E-state index is -3.05. The van der Waals surface area contributed by atoms with E-state index in [1.165, 1.54) is 72.8 Å². The van der Waals surface area contributed by atoms with Crippen molar-refractivity contribution in [3.05, 3.63) is 89.5 Å². The summed E-state index contributed by atoms with van der Waals surface area (Å²) in [5.74, 6) is -2.08. The molecule has 3 aliphatic carbocycles. The van der Waals surface area contributed by atoms with Crippen molar-refractivity contribution in [3.8, 4) is 17.2 Å². The van der Waals surface area contributed by atoms with E-state index in [0.717, 1.165) is 38.5 Å². The molecule has 474 valence electrons. The van der Waals surface area contributed by atoms with E-state index in [0.29, 0.717) is 0 Å². The van der Waals surface area contributed by atoms with Crippen LogP contribution in [0, 0.1) is 34.0 Å². The van der Waals surface area contributed by atoms with E-state index in [2.05, 4.69) is 85.9 Å². The van der Waals surface area contributed by atoms with Crippen LogP contribution in [0.5, 0.6) is 17.2 Å². The molecule has 0 aromatic heterocycles. The number of hydrogen-bond acceptors (Lipinski definition) is 12. The molecule has 3 aliphatic rings. The van der Waals surface area contributed by atoms with Gasteiger partial charge in [0.2, 0.25) is 17.7 Å². The third kappa shape index (κ3) is 25.9. The lowest BCUT2D eigenvalue weighted by molar-refractivity contribution is -0.140. The first-order chi connectivity index (χ1) is 39.2. The van der Waals surface area contributed by atoms with E-state index in [4.69, 9.17) is 0 Å². The van der Waals surface area contributed by atoms with Gasteiger partial charge in [-0.05, 0) is 126 Å². The van der Waals surface area contributed by atoms with Crippen LogP contribution in [-0.2, 0) is 28.6 Å². The highest BCUT2D eigenvalue weighted by molar-refractivity contribution is 5.78. The third-order valence-electron chi connectivity index (χ3n) is 14.3. The molecule has 0 spiro atoms. The fourth-order valence-electron chi connectivity index (χ4n) is 10.6. The summed E-state index contributed by atoms with van der Waals surface area (Å²) in [5, 5.41) is 38.2. The molecule has 15 nitrogen and oxygen atoms in total. The largest absolute Gasteiger partial charge is 0.435 e. The van der Waals surface area contributed by atoms with Crippen LogP contribution in [0.25, 0.3) is 0 Å². The van der Waals surface area contributed by atoms with Crippen LogP contribution in [0.4, 0.5) is 52.7 Å². The van der Waals surface area contributed by atoms with E-state index in [1.807, 2.05) is 0 Å². The van der Waals surface area contributed by atoms with Gasteiger partial charge in [-0.25, -0.2) is 0 Å². The summed E-state index contributed by atoms with van der Waals surface area (Å²) in [6, 6.07) is 13.1. The van der Waals surface area contributed by atoms with Gasteiger partial charge in [-0.15, -0.1) is 0 Å². The number of hydrogen-bond donors (Lipinski definition) is 6. The predicted molar refractivity (Wildman–Crippen MR) is 279 cm³/mol. The number of rotatable bonds is 30. The third-order valence-corrected chi connectivity index (χ3v) is 14.3. The summed E-state index contributed by atoms with van der Waals surface area (Å²) in [6.07, 6.45) is 1.74. The Morgan fingerprint density at radius 3 is 0.833 bits per heavy atom. The number of nitrogens with one attached hydrogen (secondary N) is 3. The van der Waals surface area contributed by atoms with Crippen LogP contribution in [0.3, 0.4) is 0 Å². The van der Waals surface area contributed by atoms with Crippen molar-refractivity contribution in [1.29, 1.82) is 0 Å². The van der Waals surface area contributed by atoms with E-state index in [9.17, 15) is 82.4 Å². The molecule has 0 heterocycles. The van der Waals surface area contributed by atoms with Gasteiger partial charge in [0.15, 0.2) is 0 Å². The van der Waals surface area contributed by atoms with Gasteiger partial charge in [0, 0.05) is 0 Å². The van der Waals surface area contributed by atoms with Crippen molar-refractivity contribution in [3.63, 3.8) is 0 Å². The fraction of sp³-hybridized carbons (Fsp3) is 0.632. The van der Waals surface area contributed by atoms with Gasteiger partial charge in [0.05, 0.1) is 75.5 Å². The van der Waals surface area contributed by atoms with Crippen LogP contribution in [0.15, 0.2) is 72.8 Å². The molecule has 0 radical (unpaired) electrons. The highest BCUT2D eigenvalue weighted by Gasteiger charge is 2.43. The van der Waals surface area contributed by atoms with Crippen molar-refractivity contribution in [2.75, 3.05) is 19.8 Å². The van der Waals surface area contributed by atoms with E-state index in [1.54, 1.807) is 0 Å². The Morgan fingerprint density at radius 2 is 0.643 bits per heavy atom. The standard InChI is InChI=1S/3C19H25F4NO4/c3*1-19(2)8-12(9-19)15(25)7-16(26)24-14(10-27-17(20)21)11-4-3-5-13(6-11)28-18(22)23/h3*3-6,12,14-15,17-18,25H,7-10H2,1-2H3,(H,24,26)/t14-,15?;14-,15+;14-,15-/m000/s1. The van der Waals surface area contributed by atoms with E-state index in [-0.39, 0.29) is 87.2 Å². The second-order valence-corrected chi connectivity index (χ2v) is 23.3. The van der Waals surface area contributed by atoms with Gasteiger partial charge >= 0.3 is 39.7 Å². The molecule has 6 rings (SSSR count). The molecule has 6 N–H and O–H groups in total. The number of carbonyl (C=O) groups is 3. The number of halogens is 12. The molecule has 3 fully saturated rings. The summed E-state index contributed by atoms with van der Waals surface area (Å²) in [4.78, 5) is 36.9. The number of amides is 3. The summed E-state index contributed by atoms with van der Waals surface area (Å²) >= 11 is 0. The van der Waals surface area contributed by atoms with Crippen LogP contribution in [-0.4, -0.2) is 111 Å². The first-order valence-electron chi connectivity index (χ1n) is 26.9. The zero-order valence-electron chi connectivity index (χ0n) is 47.1. The Morgan fingerprint density at radius 1 is 0.417 bits per heavy atom. The Bertz CT molecular complexity index is 2210. The number of ether oxygens (including phenoxy) is 6. The quantitative estimate of drug-likeness (QED) is 0.0345. The SMILES string of the molecule is CC1(C)CC(C(O)CC(=O)N[C@@H](COC(F)F)c2cccc(OC(F)F)c2)C1.CC1(C)CC([C@@H](O)CC(=O)N[C@@H](COC(F)F)c2cccc(OC(F)F)c2)C1.CC1(C)CC([C@H](O)CC(=O)N[C@@H](COC(F)F)c2cccc(OC(F)F)c2)C1. The first-order valence-corrected chi connectivity index (χ1v) is 26.9. The van der Waals surface area contributed by atoms with Crippen LogP contribution >= 0.6 is 0 Å². The van der Waals surface area contributed by atoms with Crippen molar-refractivity contribution in [2.45, 2.75) is 175 Å². The topological polar surface area (TPSA) is 203 Å². The molecular formula is C57H75F12N3O12. The Labute approximate surface area is 479 Å². The van der Waals surface area contributed by atoms with Crippen LogP contribution < -0.4 is 30.2 Å². The molecule has 0 aliphatic heterocycles. The number of aliphatic hydroxyl groups excluding tert-OH is 3. The highest BCUT2D eigenvalue weighted by Crippen LogP contribution is 2.48. The lowest BCUT2D eigenvalue weighted by atomic mass is 9.62. The second-order valence-electron chi connectivity index (χ2n) is 23.3. The maximum absolute atomic E-state index is 12.4. The van der Waals surface area contributed by atoms with Crippen molar-refractivity contribution >= 4 is 17.7 Å². The van der Waals surface area contributed by atoms with Gasteiger partial charge in [-0.2, -0.15) is 52.7 Å². The fourth-order valence-corrected chi connectivity index (χ4v) is 10.6. The number of benzene rings is 3. The Hall–Kier alpha value is -5.61. The van der Waals surface area contributed by atoms with E-state index >= 15 is 0 Å². The number of carbonyl (C=O) groups excluding carboxylic acids is 3. The van der Waals surface area contributed by atoms with Crippen molar-refractivity contribution in [2.24, 2.45) is 34.0 Å². The van der Waals surface area contributed by atoms with Gasteiger partial charge in [-0.3, -0.25) is 14.4 Å². The normalized spacial score (nSPS) is 18.6. The van der Waals surface area contributed by atoms with E-state index < -0.39 is 114 Å². The molecule has 27 heteroatoms. The molecule has 3 amide bonds. The molecule has 0 bridgehead atoms. The van der Waals surface area contributed by atoms with Crippen LogP contribution in [0.1, 0.15) is 134 Å². The summed E-state index contributed by atoms with van der Waals surface area (Å²) in [6.45, 7) is -7.53. The molecule has 3 aromatic rings. The molecular weight excluding hydrogens is 1150 g/mol. The maximum atomic E-state index is 12.4. The predicted octanol–water partition coefficient (Wildman–Crippen LogP) is 11.6. The average molecular weight is 1220 g/mol. The maximum Gasteiger partial charge on any atom is 0.387 e. The molecule has 84 heavy (non-hydrogen) atoms. The molecule has 1 unspecified atom stereocenters.